The summed E-state index contributed by atoms with van der Waals surface area (Å²) >= 11 is 5.93. The van der Waals surface area contributed by atoms with E-state index >= 15 is 0 Å². The fraction of sp³-hybridized carbons (Fsp3) is 0.462. The van der Waals surface area contributed by atoms with Gasteiger partial charge < -0.3 is 10.6 Å². The van der Waals surface area contributed by atoms with Crippen molar-refractivity contribution in [2.45, 2.75) is 32.9 Å². The molecule has 18 heavy (non-hydrogen) atoms. The maximum atomic E-state index is 11.9. The van der Waals surface area contributed by atoms with Crippen LogP contribution < -0.4 is 5.73 Å². The maximum absolute atomic E-state index is 11.9. The predicted octanol–water partition coefficient (Wildman–Crippen LogP) is 2.85. The Kier molecular flexibility index (Phi) is 8.00. The van der Waals surface area contributed by atoms with Crippen molar-refractivity contribution in [1.29, 1.82) is 0 Å². The van der Waals surface area contributed by atoms with Gasteiger partial charge in [0.15, 0.2) is 0 Å². The lowest BCUT2D eigenvalue weighted by Crippen LogP contribution is -2.37. The van der Waals surface area contributed by atoms with E-state index in [0.717, 1.165) is 5.56 Å². The van der Waals surface area contributed by atoms with Crippen molar-refractivity contribution in [3.05, 3.63) is 34.9 Å². The van der Waals surface area contributed by atoms with Crippen molar-refractivity contribution in [3.63, 3.8) is 0 Å². The van der Waals surface area contributed by atoms with E-state index in [1.807, 2.05) is 43.0 Å². The first-order valence-electron chi connectivity index (χ1n) is 5.78. The topological polar surface area (TPSA) is 46.3 Å². The lowest BCUT2D eigenvalue weighted by atomic mass is 10.1. The zero-order valence-electron chi connectivity index (χ0n) is 10.7. The molecule has 1 rings (SSSR count). The first-order chi connectivity index (χ1) is 8.04. The zero-order valence-corrected chi connectivity index (χ0v) is 12.3. The molecule has 0 saturated carbocycles. The minimum Gasteiger partial charge on any atom is -0.336 e. The van der Waals surface area contributed by atoms with Crippen LogP contribution in [0.5, 0.6) is 0 Å². The van der Waals surface area contributed by atoms with Crippen LogP contribution in [0.4, 0.5) is 0 Å². The summed E-state index contributed by atoms with van der Waals surface area (Å²) in [6.45, 7) is 4.96. The van der Waals surface area contributed by atoms with Crippen LogP contribution in [0.15, 0.2) is 24.3 Å². The Morgan fingerprint density at radius 1 is 1.44 bits per heavy atom. The largest absolute Gasteiger partial charge is 0.336 e. The Morgan fingerprint density at radius 2 is 2.11 bits per heavy atom. The van der Waals surface area contributed by atoms with Crippen LogP contribution in [0.25, 0.3) is 0 Å². The van der Waals surface area contributed by atoms with Crippen molar-refractivity contribution in [1.82, 2.24) is 4.90 Å². The number of hydrogen-bond acceptors (Lipinski definition) is 2. The molecule has 0 aromatic heterocycles. The molecule has 0 unspecified atom stereocenters. The van der Waals surface area contributed by atoms with Gasteiger partial charge in [0.2, 0.25) is 5.91 Å². The van der Waals surface area contributed by atoms with Crippen molar-refractivity contribution in [3.8, 4) is 0 Å². The predicted molar refractivity (Wildman–Crippen MR) is 78.1 cm³/mol. The number of hydrogen-bond donors (Lipinski definition) is 1. The quantitative estimate of drug-likeness (QED) is 0.906. The average Bonchev–Trinajstić information content (AvgIpc) is 2.26. The third kappa shape index (κ3) is 5.25. The van der Waals surface area contributed by atoms with E-state index in [1.165, 1.54) is 0 Å². The number of rotatable bonds is 5. The van der Waals surface area contributed by atoms with E-state index in [-0.39, 0.29) is 24.4 Å². The summed E-state index contributed by atoms with van der Waals surface area (Å²) in [7, 11) is 0. The molecule has 0 aliphatic rings. The monoisotopic (exact) mass is 290 g/mol. The molecule has 0 aliphatic heterocycles. The smallest absolute Gasteiger partial charge is 0.224 e. The number of carbonyl (C=O) groups excluding carboxylic acids is 1. The van der Waals surface area contributed by atoms with Crippen molar-refractivity contribution < 1.29 is 4.79 Å². The SMILES string of the molecule is CC(C)N(Cc1cccc(Cl)c1)C(=O)CCN.Cl. The van der Waals surface area contributed by atoms with Gasteiger partial charge in [-0.2, -0.15) is 0 Å². The number of halogens is 2. The molecule has 1 aromatic rings. The number of amides is 1. The molecule has 0 heterocycles. The molecule has 0 saturated heterocycles. The Hall–Kier alpha value is -0.770. The molecule has 5 heteroatoms. The Balaban J connectivity index is 0.00000289. The van der Waals surface area contributed by atoms with Gasteiger partial charge in [0.05, 0.1) is 0 Å². The molecule has 0 radical (unpaired) electrons. The third-order valence-corrected chi connectivity index (χ3v) is 2.78. The second kappa shape index (κ2) is 8.35. The van der Waals surface area contributed by atoms with Crippen molar-refractivity contribution in [2.75, 3.05) is 6.54 Å². The van der Waals surface area contributed by atoms with E-state index in [0.29, 0.717) is 24.5 Å². The molecule has 3 nitrogen and oxygen atoms in total. The second-order valence-corrected chi connectivity index (χ2v) is 4.72. The van der Waals surface area contributed by atoms with Crippen molar-refractivity contribution in [2.24, 2.45) is 5.73 Å². The first-order valence-corrected chi connectivity index (χ1v) is 6.16. The van der Waals surface area contributed by atoms with Gasteiger partial charge in [0.1, 0.15) is 0 Å². The highest BCUT2D eigenvalue weighted by molar-refractivity contribution is 6.30. The van der Waals surface area contributed by atoms with E-state index in [4.69, 9.17) is 17.3 Å². The summed E-state index contributed by atoms with van der Waals surface area (Å²) in [4.78, 5) is 13.7. The van der Waals surface area contributed by atoms with Gasteiger partial charge in [0, 0.05) is 30.6 Å². The molecule has 1 aromatic carbocycles. The van der Waals surface area contributed by atoms with Gasteiger partial charge >= 0.3 is 0 Å². The average molecular weight is 291 g/mol. The fourth-order valence-corrected chi connectivity index (χ4v) is 1.87. The molecule has 0 aliphatic carbocycles. The highest BCUT2D eigenvalue weighted by atomic mass is 35.5. The standard InChI is InChI=1S/C13H19ClN2O.ClH/c1-10(2)16(13(17)6-7-15)9-11-4-3-5-12(14)8-11;/h3-5,8,10H,6-7,9,15H2,1-2H3;1H. The van der Waals surface area contributed by atoms with Crippen LogP contribution in [0.2, 0.25) is 5.02 Å². The Labute approximate surface area is 120 Å². The molecular weight excluding hydrogens is 271 g/mol. The zero-order chi connectivity index (χ0) is 12.8. The molecule has 0 spiro atoms. The molecule has 0 atom stereocenters. The Morgan fingerprint density at radius 3 is 2.61 bits per heavy atom. The summed E-state index contributed by atoms with van der Waals surface area (Å²) < 4.78 is 0. The van der Waals surface area contributed by atoms with Gasteiger partial charge in [0.25, 0.3) is 0 Å². The maximum Gasteiger partial charge on any atom is 0.224 e. The Bertz CT molecular complexity index is 383. The number of carbonyl (C=O) groups is 1. The van der Waals surface area contributed by atoms with E-state index in [9.17, 15) is 4.79 Å². The third-order valence-electron chi connectivity index (χ3n) is 2.54. The van der Waals surface area contributed by atoms with E-state index in [2.05, 4.69) is 0 Å². The van der Waals surface area contributed by atoms with Crippen molar-refractivity contribution >= 4 is 29.9 Å². The van der Waals surface area contributed by atoms with Gasteiger partial charge in [-0.25, -0.2) is 0 Å². The van der Waals surface area contributed by atoms with Crippen LogP contribution in [0.1, 0.15) is 25.8 Å². The minimum absolute atomic E-state index is 0. The summed E-state index contributed by atoms with van der Waals surface area (Å²) in [5.41, 5.74) is 6.45. The number of nitrogens with two attached hydrogens (primary N) is 1. The van der Waals surface area contributed by atoms with Crippen LogP contribution in [0, 0.1) is 0 Å². The van der Waals surface area contributed by atoms with Gasteiger partial charge in [-0.05, 0) is 31.5 Å². The summed E-state index contributed by atoms with van der Waals surface area (Å²) in [5.74, 6) is 0.0856. The number of benzene rings is 1. The van der Waals surface area contributed by atoms with Crippen LogP contribution in [-0.4, -0.2) is 23.4 Å². The van der Waals surface area contributed by atoms with Gasteiger partial charge in [-0.3, -0.25) is 4.79 Å². The second-order valence-electron chi connectivity index (χ2n) is 4.28. The molecule has 1 amide bonds. The van der Waals surface area contributed by atoms with Gasteiger partial charge in [-0.1, -0.05) is 23.7 Å². The van der Waals surface area contributed by atoms with E-state index in [1.54, 1.807) is 0 Å². The molecular formula is C13H20Cl2N2O. The fourth-order valence-electron chi connectivity index (χ4n) is 1.66. The van der Waals surface area contributed by atoms with Crippen LogP contribution in [0.3, 0.4) is 0 Å². The lowest BCUT2D eigenvalue weighted by molar-refractivity contribution is -0.133. The van der Waals surface area contributed by atoms with Crippen LogP contribution >= 0.6 is 24.0 Å². The van der Waals surface area contributed by atoms with Gasteiger partial charge in [-0.15, -0.1) is 12.4 Å². The summed E-state index contributed by atoms with van der Waals surface area (Å²) in [5, 5.41) is 0.692. The highest BCUT2D eigenvalue weighted by Gasteiger charge is 2.16. The van der Waals surface area contributed by atoms with E-state index < -0.39 is 0 Å². The number of nitrogens with zero attached hydrogens (tertiary/aromatic N) is 1. The highest BCUT2D eigenvalue weighted by Crippen LogP contribution is 2.14. The minimum atomic E-state index is 0. The first kappa shape index (κ1) is 17.2. The molecule has 0 bridgehead atoms. The van der Waals surface area contributed by atoms with Crippen LogP contribution in [-0.2, 0) is 11.3 Å². The summed E-state index contributed by atoms with van der Waals surface area (Å²) in [6.07, 6.45) is 0.388. The molecule has 102 valence electrons. The molecule has 0 fully saturated rings. The molecule has 2 N–H and O–H groups in total. The normalized spacial score (nSPS) is 10.1. The lowest BCUT2D eigenvalue weighted by Gasteiger charge is -2.27. The summed E-state index contributed by atoms with van der Waals surface area (Å²) in [6, 6.07) is 7.73.